The molecule has 8 heteroatoms. The molecule has 33 heavy (non-hydrogen) atoms. The third kappa shape index (κ3) is 3.61. The third-order valence-electron chi connectivity index (χ3n) is 5.80. The van der Waals surface area contributed by atoms with E-state index in [0.29, 0.717) is 5.56 Å². The van der Waals surface area contributed by atoms with Crippen LogP contribution in [0.3, 0.4) is 0 Å². The quantitative estimate of drug-likeness (QED) is 0.425. The molecule has 4 aromatic rings. The summed E-state index contributed by atoms with van der Waals surface area (Å²) in [4.78, 5) is 47.1. The van der Waals surface area contributed by atoms with Gasteiger partial charge in [0.2, 0.25) is 0 Å². The molecule has 1 aliphatic rings. The number of fused-ring (bicyclic) bond motifs is 2. The molecule has 3 N–H and O–H groups in total. The van der Waals surface area contributed by atoms with E-state index in [-0.39, 0.29) is 18.1 Å². The summed E-state index contributed by atoms with van der Waals surface area (Å²) in [6.07, 6.45) is 1.49. The summed E-state index contributed by atoms with van der Waals surface area (Å²) in [5.74, 6) is -1.28. The maximum Gasteiger partial charge on any atom is 0.288 e. The molecule has 0 aliphatic carbocycles. The van der Waals surface area contributed by atoms with E-state index < -0.39 is 17.9 Å². The first-order valence-electron chi connectivity index (χ1n) is 10.5. The third-order valence-corrected chi connectivity index (χ3v) is 5.80. The number of pyridine rings is 1. The Morgan fingerprint density at radius 3 is 2.58 bits per heavy atom. The number of amides is 3. The molecule has 164 valence electrons. The number of hydrogen-bond acceptors (Lipinski definition) is 4. The van der Waals surface area contributed by atoms with E-state index in [9.17, 15) is 14.4 Å². The van der Waals surface area contributed by atoms with E-state index in [0.717, 1.165) is 27.7 Å². The van der Waals surface area contributed by atoms with Crippen molar-refractivity contribution in [1.82, 2.24) is 25.7 Å². The fourth-order valence-electron chi connectivity index (χ4n) is 4.38. The van der Waals surface area contributed by atoms with Gasteiger partial charge in [0.25, 0.3) is 17.7 Å². The Morgan fingerprint density at radius 2 is 1.76 bits per heavy atom. The molecular weight excluding hydrogens is 418 g/mol. The second-order valence-electron chi connectivity index (χ2n) is 7.85. The van der Waals surface area contributed by atoms with Gasteiger partial charge in [-0.15, -0.1) is 0 Å². The van der Waals surface area contributed by atoms with Crippen LogP contribution < -0.4 is 10.9 Å². The number of aromatic amines is 1. The van der Waals surface area contributed by atoms with Crippen LogP contribution in [0, 0.1) is 6.92 Å². The molecule has 2 aromatic carbocycles. The predicted molar refractivity (Wildman–Crippen MR) is 122 cm³/mol. The number of para-hydroxylation sites is 1. The Hall–Kier alpha value is -4.46. The molecule has 1 unspecified atom stereocenters. The van der Waals surface area contributed by atoms with Gasteiger partial charge in [-0.3, -0.25) is 30.2 Å². The molecule has 8 nitrogen and oxygen atoms in total. The Kier molecular flexibility index (Phi) is 5.10. The number of benzene rings is 2. The Bertz CT molecular complexity index is 1380. The van der Waals surface area contributed by atoms with Crippen LogP contribution in [-0.4, -0.2) is 39.1 Å². The molecule has 1 aliphatic heterocycles. The lowest BCUT2D eigenvalue weighted by molar-refractivity contribution is -0.122. The van der Waals surface area contributed by atoms with Crippen molar-refractivity contribution in [2.45, 2.75) is 13.0 Å². The van der Waals surface area contributed by atoms with Crippen LogP contribution in [0.2, 0.25) is 0 Å². The Labute approximate surface area is 189 Å². The molecule has 0 spiro atoms. The summed E-state index contributed by atoms with van der Waals surface area (Å²) in [7, 11) is 0. The van der Waals surface area contributed by atoms with Crippen molar-refractivity contribution >= 4 is 28.6 Å². The summed E-state index contributed by atoms with van der Waals surface area (Å²) >= 11 is 0. The van der Waals surface area contributed by atoms with E-state index in [4.69, 9.17) is 0 Å². The smallest absolute Gasteiger partial charge is 0.288 e. The molecule has 0 radical (unpaired) electrons. The number of aromatic nitrogens is 2. The van der Waals surface area contributed by atoms with Gasteiger partial charge in [-0.25, -0.2) is 0 Å². The first kappa shape index (κ1) is 20.4. The van der Waals surface area contributed by atoms with Gasteiger partial charge >= 0.3 is 0 Å². The van der Waals surface area contributed by atoms with Crippen LogP contribution in [0.15, 0.2) is 72.9 Å². The van der Waals surface area contributed by atoms with Crippen molar-refractivity contribution in [3.05, 3.63) is 101 Å². The van der Waals surface area contributed by atoms with Gasteiger partial charge in [0, 0.05) is 33.9 Å². The lowest BCUT2D eigenvalue weighted by Gasteiger charge is -2.25. The number of H-pyrrole nitrogens is 1. The van der Waals surface area contributed by atoms with Crippen LogP contribution in [-0.2, 0) is 4.79 Å². The number of rotatable bonds is 4. The highest BCUT2D eigenvalue weighted by Crippen LogP contribution is 2.42. The zero-order valence-corrected chi connectivity index (χ0v) is 17.8. The summed E-state index contributed by atoms with van der Waals surface area (Å²) in [6, 6.07) is 19.8. The van der Waals surface area contributed by atoms with Crippen molar-refractivity contribution in [1.29, 1.82) is 0 Å². The Morgan fingerprint density at radius 1 is 1.00 bits per heavy atom. The summed E-state index contributed by atoms with van der Waals surface area (Å²) in [5.41, 5.74) is 9.19. The van der Waals surface area contributed by atoms with Gasteiger partial charge in [0.15, 0.2) is 0 Å². The molecule has 3 amide bonds. The van der Waals surface area contributed by atoms with Gasteiger partial charge < -0.3 is 9.88 Å². The number of carbonyl (C=O) groups is 3. The second kappa shape index (κ2) is 8.23. The maximum atomic E-state index is 13.3. The summed E-state index contributed by atoms with van der Waals surface area (Å²) in [6.45, 7) is 1.74. The van der Waals surface area contributed by atoms with Crippen molar-refractivity contribution in [2.75, 3.05) is 6.54 Å². The minimum atomic E-state index is -0.538. The van der Waals surface area contributed by atoms with Crippen LogP contribution in [0.25, 0.3) is 10.9 Å². The minimum Gasteiger partial charge on any atom is -0.358 e. The van der Waals surface area contributed by atoms with Gasteiger partial charge in [0.1, 0.15) is 12.2 Å². The highest BCUT2D eigenvalue weighted by molar-refractivity contribution is 6.03. The van der Waals surface area contributed by atoms with Gasteiger partial charge in [-0.2, -0.15) is 0 Å². The van der Waals surface area contributed by atoms with Crippen molar-refractivity contribution in [3.63, 3.8) is 0 Å². The van der Waals surface area contributed by atoms with Gasteiger partial charge in [0.05, 0.1) is 6.04 Å². The predicted octanol–water partition coefficient (Wildman–Crippen LogP) is 2.88. The normalized spacial score (nSPS) is 14.9. The summed E-state index contributed by atoms with van der Waals surface area (Å²) in [5, 5.41) is 0.998. The summed E-state index contributed by atoms with van der Waals surface area (Å²) < 4.78 is 0. The lowest BCUT2D eigenvalue weighted by Crippen LogP contribution is -2.47. The first-order valence-corrected chi connectivity index (χ1v) is 10.5. The molecular formula is C25H21N5O3. The lowest BCUT2D eigenvalue weighted by atomic mass is 9.95. The van der Waals surface area contributed by atoms with Crippen molar-refractivity contribution in [3.8, 4) is 0 Å². The monoisotopic (exact) mass is 439 g/mol. The number of hydrogen-bond donors (Lipinski definition) is 3. The average Bonchev–Trinajstić information content (AvgIpc) is 3.31. The number of nitrogens with zero attached hydrogens (tertiary/aromatic N) is 2. The van der Waals surface area contributed by atoms with E-state index in [1.807, 2.05) is 49.4 Å². The highest BCUT2D eigenvalue weighted by atomic mass is 16.2. The maximum absolute atomic E-state index is 13.3. The number of nitrogens with one attached hydrogen (secondary N) is 3. The van der Waals surface area contributed by atoms with Crippen molar-refractivity contribution < 1.29 is 14.4 Å². The fraction of sp³-hybridized carbons (Fsp3) is 0.120. The molecule has 5 rings (SSSR count). The average molecular weight is 439 g/mol. The minimum absolute atomic E-state index is 0.176. The zero-order valence-electron chi connectivity index (χ0n) is 17.8. The van der Waals surface area contributed by atoms with E-state index in [2.05, 4.69) is 20.8 Å². The van der Waals surface area contributed by atoms with Crippen LogP contribution in [0.5, 0.6) is 0 Å². The van der Waals surface area contributed by atoms with Gasteiger partial charge in [-0.1, -0.05) is 42.5 Å². The van der Waals surface area contributed by atoms with Crippen LogP contribution >= 0.6 is 0 Å². The Balaban J connectivity index is 1.43. The number of hydrazine groups is 1. The number of carbonyl (C=O) groups excluding carboxylic acids is 3. The second-order valence-corrected chi connectivity index (χ2v) is 7.85. The highest BCUT2D eigenvalue weighted by Gasteiger charge is 2.40. The molecule has 3 heterocycles. The number of aryl methyl sites for hydroxylation is 1. The van der Waals surface area contributed by atoms with Gasteiger partial charge in [-0.05, 0) is 36.8 Å². The SMILES string of the molecule is Cc1[nH]c2ccccc2c1C1c2ccccc2C(=O)N1CC(=O)NNC(=O)c1ccccn1. The zero-order chi connectivity index (χ0) is 22.9. The molecule has 0 bridgehead atoms. The molecule has 2 aromatic heterocycles. The van der Waals surface area contributed by atoms with E-state index >= 15 is 0 Å². The topological polar surface area (TPSA) is 107 Å². The fourth-order valence-corrected chi connectivity index (χ4v) is 4.38. The van der Waals surface area contributed by atoms with E-state index in [1.54, 1.807) is 18.2 Å². The molecule has 0 saturated heterocycles. The van der Waals surface area contributed by atoms with Crippen LogP contribution in [0.4, 0.5) is 0 Å². The largest absolute Gasteiger partial charge is 0.358 e. The first-order chi connectivity index (χ1) is 16.0. The molecule has 0 saturated carbocycles. The van der Waals surface area contributed by atoms with Crippen molar-refractivity contribution in [2.24, 2.45) is 0 Å². The molecule has 0 fully saturated rings. The van der Waals surface area contributed by atoms with Crippen LogP contribution in [0.1, 0.15) is 43.7 Å². The molecule has 1 atom stereocenters. The standard InChI is InChI=1S/C25H21N5O3/c1-15-22(18-10-4-5-11-19(18)27-15)23-16-8-2-3-9-17(16)25(33)30(23)14-21(31)28-29-24(32)20-12-6-7-13-26-20/h2-13,23,27H,14H2,1H3,(H,28,31)(H,29,32). The van der Waals surface area contributed by atoms with E-state index in [1.165, 1.54) is 17.2 Å².